The Labute approximate surface area is 147 Å². The molecule has 1 amide bonds. The summed E-state index contributed by atoms with van der Waals surface area (Å²) in [5.41, 5.74) is -0.575. The number of hydrogen-bond donors (Lipinski definition) is 2. The van der Waals surface area contributed by atoms with E-state index in [0.717, 1.165) is 18.5 Å². The average molecular weight is 350 g/mol. The summed E-state index contributed by atoms with van der Waals surface area (Å²) in [5.74, 6) is -0.102. The van der Waals surface area contributed by atoms with E-state index in [4.69, 9.17) is 9.47 Å². The molecule has 138 valence electrons. The summed E-state index contributed by atoms with van der Waals surface area (Å²) in [4.78, 5) is 25.5. The van der Waals surface area contributed by atoms with Crippen LogP contribution < -0.4 is 14.8 Å². The summed E-state index contributed by atoms with van der Waals surface area (Å²) < 4.78 is 10.5. The second-order valence-corrected chi connectivity index (χ2v) is 6.77. The van der Waals surface area contributed by atoms with Crippen LogP contribution in [0.3, 0.4) is 0 Å². The van der Waals surface area contributed by atoms with Crippen LogP contribution in [0.25, 0.3) is 0 Å². The van der Waals surface area contributed by atoms with Gasteiger partial charge in [-0.2, -0.15) is 0 Å². The van der Waals surface area contributed by atoms with Gasteiger partial charge >= 0.3 is 5.97 Å². The number of rotatable bonds is 6. The third-order valence-corrected chi connectivity index (χ3v) is 4.50. The topological polar surface area (TPSA) is 88.1 Å². The fourth-order valence-corrected chi connectivity index (χ4v) is 2.89. The number of amides is 1. The molecule has 25 heavy (non-hydrogen) atoms. The van der Waals surface area contributed by atoms with Gasteiger partial charge in [0.25, 0.3) is 0 Å². The molecule has 1 saturated heterocycles. The molecule has 7 nitrogen and oxygen atoms in total. The van der Waals surface area contributed by atoms with Gasteiger partial charge in [-0.05, 0) is 26.7 Å². The molecule has 0 aromatic heterocycles. The molecule has 0 radical (unpaired) electrons. The molecular formula is C18H26N2O5. The number of aliphatic carboxylic acids is 1. The molecule has 1 fully saturated rings. The molecule has 0 spiro atoms. The number of carboxylic acid groups (broad SMARTS) is 1. The van der Waals surface area contributed by atoms with Crippen LogP contribution in [0.2, 0.25) is 0 Å². The van der Waals surface area contributed by atoms with Gasteiger partial charge in [-0.1, -0.05) is 0 Å². The Bertz CT molecular complexity index is 622. The van der Waals surface area contributed by atoms with Crippen molar-refractivity contribution in [3.63, 3.8) is 0 Å². The minimum absolute atomic E-state index is 0.0408. The molecule has 1 heterocycles. The lowest BCUT2D eigenvalue weighted by atomic mass is 9.90. The van der Waals surface area contributed by atoms with E-state index < -0.39 is 11.4 Å². The number of ether oxygens (including phenoxy) is 2. The van der Waals surface area contributed by atoms with E-state index in [0.29, 0.717) is 24.6 Å². The van der Waals surface area contributed by atoms with Crippen LogP contribution in [0.15, 0.2) is 18.2 Å². The number of benzene rings is 1. The quantitative estimate of drug-likeness (QED) is 0.765. The third kappa shape index (κ3) is 4.35. The van der Waals surface area contributed by atoms with E-state index in [-0.39, 0.29) is 11.9 Å². The van der Waals surface area contributed by atoms with Crippen LogP contribution in [0.4, 0.5) is 5.69 Å². The number of piperidine rings is 1. The maximum Gasteiger partial charge on any atom is 0.318 e. The average Bonchev–Trinajstić information content (AvgIpc) is 2.60. The number of carboxylic acids is 1. The van der Waals surface area contributed by atoms with Gasteiger partial charge in [0.15, 0.2) is 0 Å². The minimum Gasteiger partial charge on any atom is -0.497 e. The van der Waals surface area contributed by atoms with E-state index in [1.807, 2.05) is 12.1 Å². The van der Waals surface area contributed by atoms with Crippen molar-refractivity contribution >= 4 is 17.6 Å². The van der Waals surface area contributed by atoms with E-state index in [1.54, 1.807) is 25.2 Å². The van der Waals surface area contributed by atoms with E-state index in [9.17, 15) is 14.7 Å². The van der Waals surface area contributed by atoms with E-state index in [1.165, 1.54) is 13.8 Å². The number of anilines is 1. The van der Waals surface area contributed by atoms with Gasteiger partial charge < -0.3 is 24.8 Å². The number of likely N-dealkylation sites (tertiary alicyclic amines) is 1. The van der Waals surface area contributed by atoms with Crippen molar-refractivity contribution in [2.45, 2.75) is 32.7 Å². The first kappa shape index (κ1) is 18.9. The lowest BCUT2D eigenvalue weighted by Gasteiger charge is -2.36. The van der Waals surface area contributed by atoms with Gasteiger partial charge in [-0.3, -0.25) is 9.59 Å². The van der Waals surface area contributed by atoms with Gasteiger partial charge in [0, 0.05) is 43.0 Å². The Morgan fingerprint density at radius 2 is 1.80 bits per heavy atom. The Balaban J connectivity index is 2.09. The van der Waals surface area contributed by atoms with Crippen LogP contribution >= 0.6 is 0 Å². The summed E-state index contributed by atoms with van der Waals surface area (Å²) in [6.07, 6.45) is 1.72. The molecule has 1 unspecified atom stereocenters. The van der Waals surface area contributed by atoms with Gasteiger partial charge in [0.05, 0.1) is 14.2 Å². The summed E-state index contributed by atoms with van der Waals surface area (Å²) >= 11 is 0. The number of nitrogens with zero attached hydrogens (tertiary/aromatic N) is 1. The van der Waals surface area contributed by atoms with E-state index >= 15 is 0 Å². The normalized spacial score (nSPS) is 17.8. The van der Waals surface area contributed by atoms with E-state index in [2.05, 4.69) is 5.32 Å². The molecule has 1 aliphatic rings. The molecule has 1 aliphatic heterocycles. The highest BCUT2D eigenvalue weighted by Gasteiger charge is 2.40. The van der Waals surface area contributed by atoms with Gasteiger partial charge in [-0.25, -0.2) is 0 Å². The molecule has 1 aromatic rings. The Kier molecular flexibility index (Phi) is 5.77. The lowest BCUT2D eigenvalue weighted by molar-refractivity contribution is -0.158. The summed E-state index contributed by atoms with van der Waals surface area (Å²) in [7, 11) is 3.18. The molecule has 0 saturated carbocycles. The standard InChI is InChI=1S/C18H26N2O5/c1-18(2,17(22)23)16(21)20-7-5-6-12(11-20)19-13-8-14(24-3)10-15(9-13)25-4/h8-10,12,19H,5-7,11H2,1-4H3,(H,22,23). The van der Waals surface area contributed by atoms with Crippen molar-refractivity contribution in [1.29, 1.82) is 0 Å². The molecular weight excluding hydrogens is 324 g/mol. The van der Waals surface area contributed by atoms with Crippen molar-refractivity contribution in [2.75, 3.05) is 32.6 Å². The second-order valence-electron chi connectivity index (χ2n) is 6.77. The maximum atomic E-state index is 12.5. The molecule has 1 aromatic carbocycles. The zero-order valence-electron chi connectivity index (χ0n) is 15.2. The van der Waals surface area contributed by atoms with Crippen molar-refractivity contribution in [2.24, 2.45) is 5.41 Å². The fraction of sp³-hybridized carbons (Fsp3) is 0.556. The minimum atomic E-state index is -1.42. The number of methoxy groups -OCH3 is 2. The third-order valence-electron chi connectivity index (χ3n) is 4.50. The van der Waals surface area contributed by atoms with Gasteiger partial charge in [0.2, 0.25) is 5.91 Å². The predicted octanol–water partition coefficient (Wildman–Crippen LogP) is 2.22. The molecule has 7 heteroatoms. The summed E-state index contributed by atoms with van der Waals surface area (Å²) in [5, 5.41) is 12.7. The van der Waals surface area contributed by atoms with Crippen molar-refractivity contribution in [3.05, 3.63) is 18.2 Å². The zero-order valence-corrected chi connectivity index (χ0v) is 15.2. The number of hydrogen-bond acceptors (Lipinski definition) is 5. The van der Waals surface area contributed by atoms with Gasteiger partial charge in [0.1, 0.15) is 16.9 Å². The first-order valence-electron chi connectivity index (χ1n) is 8.30. The largest absolute Gasteiger partial charge is 0.497 e. The zero-order chi connectivity index (χ0) is 18.6. The second kappa shape index (κ2) is 7.63. The highest BCUT2D eigenvalue weighted by Crippen LogP contribution is 2.28. The van der Waals surface area contributed by atoms with Crippen molar-refractivity contribution < 1.29 is 24.2 Å². The molecule has 1 atom stereocenters. The maximum absolute atomic E-state index is 12.5. The highest BCUT2D eigenvalue weighted by atomic mass is 16.5. The molecule has 0 bridgehead atoms. The first-order chi connectivity index (χ1) is 11.8. The number of carbonyl (C=O) groups excluding carboxylic acids is 1. The monoisotopic (exact) mass is 350 g/mol. The highest BCUT2D eigenvalue weighted by molar-refractivity contribution is 6.01. The van der Waals surface area contributed by atoms with Gasteiger partial charge in [-0.15, -0.1) is 0 Å². The van der Waals surface area contributed by atoms with Crippen LogP contribution in [0, 0.1) is 5.41 Å². The van der Waals surface area contributed by atoms with Crippen LogP contribution in [0.5, 0.6) is 11.5 Å². The molecule has 2 rings (SSSR count). The smallest absolute Gasteiger partial charge is 0.318 e. The van der Waals surface area contributed by atoms with Crippen LogP contribution in [-0.4, -0.2) is 55.2 Å². The number of nitrogens with one attached hydrogen (secondary N) is 1. The Morgan fingerprint density at radius 3 is 2.32 bits per heavy atom. The Hall–Kier alpha value is -2.44. The van der Waals surface area contributed by atoms with Crippen molar-refractivity contribution in [3.8, 4) is 11.5 Å². The molecule has 0 aliphatic carbocycles. The van der Waals surface area contributed by atoms with Crippen LogP contribution in [0.1, 0.15) is 26.7 Å². The Morgan fingerprint density at radius 1 is 1.20 bits per heavy atom. The van der Waals surface area contributed by atoms with Crippen LogP contribution in [-0.2, 0) is 9.59 Å². The predicted molar refractivity (Wildman–Crippen MR) is 94.2 cm³/mol. The lowest BCUT2D eigenvalue weighted by Crippen LogP contribution is -2.51. The van der Waals surface area contributed by atoms with Crippen molar-refractivity contribution in [1.82, 2.24) is 4.90 Å². The first-order valence-corrected chi connectivity index (χ1v) is 8.30. The summed E-state index contributed by atoms with van der Waals surface area (Å²) in [6, 6.07) is 5.56. The number of carbonyl (C=O) groups is 2. The fourth-order valence-electron chi connectivity index (χ4n) is 2.89. The summed E-state index contributed by atoms with van der Waals surface area (Å²) in [6.45, 7) is 3.94. The molecule has 2 N–H and O–H groups in total. The SMILES string of the molecule is COc1cc(NC2CCCN(C(=O)C(C)(C)C(=O)O)C2)cc(OC)c1.